The number of anilines is 1. The second-order valence-electron chi connectivity index (χ2n) is 6.16. The number of imidazole rings is 1. The van der Waals surface area contributed by atoms with Crippen molar-refractivity contribution < 1.29 is 10.2 Å². The third-order valence-electron chi connectivity index (χ3n) is 4.09. The number of nitrogens with zero attached hydrogens (tertiary/aromatic N) is 4. The molecule has 7 nitrogen and oxygen atoms in total. The lowest BCUT2D eigenvalue weighted by molar-refractivity contribution is 0.178. The molecule has 2 aromatic heterocycles. The minimum absolute atomic E-state index is 0.110. The molecule has 2 aromatic rings. The summed E-state index contributed by atoms with van der Waals surface area (Å²) >= 11 is 0. The van der Waals surface area contributed by atoms with E-state index in [0.717, 1.165) is 25.7 Å². The van der Waals surface area contributed by atoms with Crippen molar-refractivity contribution in [3.05, 3.63) is 12.0 Å². The molecule has 2 heterocycles. The average molecular weight is 311 g/mol. The van der Waals surface area contributed by atoms with Crippen molar-refractivity contribution in [2.45, 2.75) is 56.7 Å². The van der Waals surface area contributed by atoms with Gasteiger partial charge in [0, 0.05) is 11.6 Å². The largest absolute Gasteiger partial charge is 0.390 e. The normalized spacial score (nSPS) is 18.2. The molecule has 0 bridgehead atoms. The number of aromatic nitrogens is 4. The predicted molar refractivity (Wildman–Crippen MR) is 88.2 cm³/mol. The summed E-state index contributed by atoms with van der Waals surface area (Å²) in [4.78, 5) is 12.9. The third kappa shape index (κ3) is 3.50. The Balaban J connectivity index is 2.08. The van der Waals surface area contributed by atoms with E-state index in [1.165, 1.54) is 12.6 Å². The van der Waals surface area contributed by atoms with Crippen LogP contribution in [0.3, 0.4) is 0 Å². The number of fused-ring (bicyclic) bond motifs is 1. The number of hydrogen-bond donors (Lipinski definition) is 3. The first-order valence-corrected chi connectivity index (χ1v) is 7.86. The van der Waals surface area contributed by atoms with Gasteiger partial charge in [0.2, 0.25) is 5.95 Å². The van der Waals surface area contributed by atoms with Gasteiger partial charge in [-0.05, 0) is 19.8 Å². The zero-order valence-corrected chi connectivity index (χ0v) is 13.1. The topological polar surface area (TPSA) is 96.1 Å². The number of aliphatic hydroxyl groups excluding tert-OH is 1. The van der Waals surface area contributed by atoms with Gasteiger partial charge in [-0.3, -0.25) is 0 Å². The van der Waals surface area contributed by atoms with Crippen molar-refractivity contribution in [2.75, 3.05) is 5.32 Å². The monoisotopic (exact) mass is 311 g/mol. The van der Waals surface area contributed by atoms with Crippen LogP contribution in [0.2, 0.25) is 0 Å². The summed E-state index contributed by atoms with van der Waals surface area (Å²) in [5.74, 6) is 0.688. The van der Waals surface area contributed by atoms with Crippen molar-refractivity contribution in [1.29, 1.82) is 0 Å². The summed E-state index contributed by atoms with van der Waals surface area (Å²) in [5, 5.41) is 21.9. The molecule has 118 valence electrons. The van der Waals surface area contributed by atoms with Gasteiger partial charge >= 0.3 is 0 Å². The van der Waals surface area contributed by atoms with Gasteiger partial charge < -0.3 is 20.1 Å². The lowest BCUT2D eigenvalue weighted by Crippen LogP contribution is -2.39. The molecular formula is C14H19B2N5O2. The van der Waals surface area contributed by atoms with Crippen molar-refractivity contribution in [2.24, 2.45) is 0 Å². The van der Waals surface area contributed by atoms with Crippen LogP contribution >= 0.6 is 0 Å². The van der Waals surface area contributed by atoms with Crippen molar-refractivity contribution in [3.63, 3.8) is 0 Å². The summed E-state index contributed by atoms with van der Waals surface area (Å²) in [6, 6.07) is 0.246. The first kappa shape index (κ1) is 16.3. The Morgan fingerprint density at radius 2 is 2.00 bits per heavy atom. The highest BCUT2D eigenvalue weighted by atomic mass is 16.3. The standard InChI is InChI=1S/C14H19B2N5O2/c1-8(22)11-18-10-7-17-13(20-14(15,16)23)19-12(10)21(11)9-5-3-2-4-6-9/h7-9,22-23H,2-6H2,1H3,(H,17,19,20). The zero-order chi connectivity index (χ0) is 16.6. The van der Waals surface area contributed by atoms with Crippen LogP contribution in [0.25, 0.3) is 11.2 Å². The predicted octanol–water partition coefficient (Wildman–Crippen LogP) is 0.737. The van der Waals surface area contributed by atoms with Crippen LogP contribution in [-0.2, 0) is 0 Å². The number of hydrogen-bond acceptors (Lipinski definition) is 6. The van der Waals surface area contributed by atoms with Gasteiger partial charge in [-0.25, -0.2) is 9.97 Å². The molecule has 23 heavy (non-hydrogen) atoms. The van der Waals surface area contributed by atoms with Crippen LogP contribution in [0.15, 0.2) is 6.20 Å². The Labute approximate surface area is 137 Å². The van der Waals surface area contributed by atoms with E-state index < -0.39 is 11.6 Å². The van der Waals surface area contributed by atoms with Crippen LogP contribution in [0.1, 0.15) is 57.0 Å². The van der Waals surface area contributed by atoms with Crippen molar-refractivity contribution in [1.82, 2.24) is 19.5 Å². The Kier molecular flexibility index (Phi) is 4.33. The molecule has 1 unspecified atom stereocenters. The van der Waals surface area contributed by atoms with Crippen molar-refractivity contribution in [3.8, 4) is 0 Å². The maximum absolute atomic E-state index is 10.1. The molecule has 1 aliphatic carbocycles. The molecule has 1 fully saturated rings. The van der Waals surface area contributed by atoms with E-state index in [4.69, 9.17) is 15.7 Å². The number of rotatable bonds is 4. The molecule has 1 aliphatic rings. The molecule has 0 amide bonds. The van der Waals surface area contributed by atoms with Crippen LogP contribution in [0, 0.1) is 0 Å². The van der Waals surface area contributed by atoms with Gasteiger partial charge in [-0.1, -0.05) is 19.3 Å². The third-order valence-corrected chi connectivity index (χ3v) is 4.09. The molecule has 1 saturated carbocycles. The quantitative estimate of drug-likeness (QED) is 0.569. The Morgan fingerprint density at radius 1 is 1.30 bits per heavy atom. The molecule has 0 aliphatic heterocycles. The Morgan fingerprint density at radius 3 is 2.61 bits per heavy atom. The van der Waals surface area contributed by atoms with Gasteiger partial charge in [0.15, 0.2) is 5.65 Å². The molecule has 0 aromatic carbocycles. The van der Waals surface area contributed by atoms with Gasteiger partial charge in [0.1, 0.15) is 33.1 Å². The van der Waals surface area contributed by atoms with Gasteiger partial charge in [-0.15, -0.1) is 0 Å². The van der Waals surface area contributed by atoms with E-state index in [0.29, 0.717) is 17.0 Å². The second-order valence-corrected chi connectivity index (χ2v) is 6.16. The molecule has 9 heteroatoms. The van der Waals surface area contributed by atoms with Crippen LogP contribution in [0.4, 0.5) is 5.95 Å². The highest BCUT2D eigenvalue weighted by Crippen LogP contribution is 2.33. The van der Waals surface area contributed by atoms with E-state index in [9.17, 15) is 10.2 Å². The highest BCUT2D eigenvalue weighted by Gasteiger charge is 2.25. The molecule has 3 rings (SSSR count). The summed E-state index contributed by atoms with van der Waals surface area (Å²) < 4.78 is 1.98. The summed E-state index contributed by atoms with van der Waals surface area (Å²) in [6.07, 6.45) is 6.38. The molecule has 4 radical (unpaired) electrons. The number of nitrogens with one attached hydrogen (secondary N) is 1. The van der Waals surface area contributed by atoms with Gasteiger partial charge in [0.05, 0.1) is 6.20 Å². The summed E-state index contributed by atoms with van der Waals surface area (Å²) in [5.41, 5.74) is -0.902. The van der Waals surface area contributed by atoms with E-state index >= 15 is 0 Å². The van der Waals surface area contributed by atoms with Crippen LogP contribution in [0.5, 0.6) is 0 Å². The van der Waals surface area contributed by atoms with E-state index in [1.807, 2.05) is 4.57 Å². The fraction of sp³-hybridized carbons (Fsp3) is 0.643. The molecule has 1 atom stereocenters. The van der Waals surface area contributed by atoms with E-state index in [-0.39, 0.29) is 12.0 Å². The highest BCUT2D eigenvalue weighted by molar-refractivity contribution is 6.39. The second kappa shape index (κ2) is 6.13. The minimum Gasteiger partial charge on any atom is -0.390 e. The average Bonchev–Trinajstić information content (AvgIpc) is 2.85. The number of aliphatic hydroxyl groups is 2. The molecular weight excluding hydrogens is 292 g/mol. The first-order chi connectivity index (χ1) is 10.8. The SMILES string of the molecule is [B]C([B])(O)Nc1ncc2nc(C(C)O)n(C3CCCCC3)c2n1. The zero-order valence-electron chi connectivity index (χ0n) is 13.1. The fourth-order valence-corrected chi connectivity index (χ4v) is 3.14. The van der Waals surface area contributed by atoms with E-state index in [2.05, 4.69) is 20.3 Å². The van der Waals surface area contributed by atoms with Crippen LogP contribution in [-0.4, -0.2) is 50.9 Å². The molecule has 0 spiro atoms. The maximum atomic E-state index is 10.1. The van der Waals surface area contributed by atoms with E-state index in [1.54, 1.807) is 6.92 Å². The Hall–Kier alpha value is -1.60. The van der Waals surface area contributed by atoms with Gasteiger partial charge in [-0.2, -0.15) is 4.98 Å². The smallest absolute Gasteiger partial charge is 0.225 e. The maximum Gasteiger partial charge on any atom is 0.225 e. The summed E-state index contributed by atoms with van der Waals surface area (Å²) in [7, 11) is 10.7. The van der Waals surface area contributed by atoms with Crippen molar-refractivity contribution >= 4 is 32.8 Å². The van der Waals surface area contributed by atoms with Gasteiger partial charge in [0.25, 0.3) is 0 Å². The lowest BCUT2D eigenvalue weighted by atomic mass is 9.73. The molecule has 0 saturated heterocycles. The summed E-state index contributed by atoms with van der Waals surface area (Å²) in [6.45, 7) is 1.69. The Bertz CT molecular complexity index is 692. The lowest BCUT2D eigenvalue weighted by Gasteiger charge is -2.26. The minimum atomic E-state index is -2.10. The first-order valence-electron chi connectivity index (χ1n) is 7.86. The van der Waals surface area contributed by atoms with Crippen LogP contribution < -0.4 is 5.32 Å². The fourth-order valence-electron chi connectivity index (χ4n) is 3.14. The molecule has 3 N–H and O–H groups in total.